The maximum absolute atomic E-state index is 12.9. The number of para-hydroxylation sites is 1. The topological polar surface area (TPSA) is 95.6 Å². The maximum Gasteiger partial charge on any atom is 0.203 e. The van der Waals surface area contributed by atoms with Gasteiger partial charge in [-0.2, -0.15) is 5.10 Å². The van der Waals surface area contributed by atoms with Crippen LogP contribution in [0.2, 0.25) is 0 Å². The lowest BCUT2D eigenvalue weighted by atomic mass is 10.3. The lowest BCUT2D eigenvalue weighted by Crippen LogP contribution is -2.15. The van der Waals surface area contributed by atoms with Gasteiger partial charge in [-0.05, 0) is 48.4 Å². The first-order valence-electron chi connectivity index (χ1n) is 7.66. The number of sulfone groups is 1. The van der Waals surface area contributed by atoms with Crippen LogP contribution in [-0.4, -0.2) is 38.4 Å². The van der Waals surface area contributed by atoms with Crippen LogP contribution in [0.15, 0.2) is 41.4 Å². The lowest BCUT2D eigenvalue weighted by Gasteiger charge is -2.08. The number of benzene rings is 1. The quantitative estimate of drug-likeness (QED) is 0.695. The van der Waals surface area contributed by atoms with Gasteiger partial charge in [-0.3, -0.25) is 0 Å². The standard InChI is InChI=1S/C15H16N6O2S/c1-11-9-15(21(17-11)12-5-3-2-4-6-12)24(22,23)10-14-16-18-19-20(14)13-7-8-13/h2-6,9,13H,7-8,10H2,1H3. The lowest BCUT2D eigenvalue weighted by molar-refractivity contribution is 0.568. The van der Waals surface area contributed by atoms with Crippen molar-refractivity contribution < 1.29 is 8.42 Å². The van der Waals surface area contributed by atoms with Crippen LogP contribution < -0.4 is 0 Å². The van der Waals surface area contributed by atoms with E-state index in [2.05, 4.69) is 20.6 Å². The second-order valence-electron chi connectivity index (χ2n) is 5.90. The average molecular weight is 344 g/mol. The molecule has 0 amide bonds. The maximum atomic E-state index is 12.9. The summed E-state index contributed by atoms with van der Waals surface area (Å²) < 4.78 is 28.9. The van der Waals surface area contributed by atoms with E-state index < -0.39 is 9.84 Å². The van der Waals surface area contributed by atoms with E-state index in [1.54, 1.807) is 17.7 Å². The molecule has 1 saturated carbocycles. The molecular weight excluding hydrogens is 328 g/mol. The van der Waals surface area contributed by atoms with Crippen LogP contribution in [0.4, 0.5) is 0 Å². The summed E-state index contributed by atoms with van der Waals surface area (Å²) in [7, 11) is -3.63. The van der Waals surface area contributed by atoms with Crippen LogP contribution >= 0.6 is 0 Å². The van der Waals surface area contributed by atoms with Gasteiger partial charge in [-0.1, -0.05) is 18.2 Å². The van der Waals surface area contributed by atoms with Gasteiger partial charge in [0.05, 0.1) is 17.4 Å². The molecule has 0 saturated heterocycles. The molecule has 1 aromatic carbocycles. The van der Waals surface area contributed by atoms with Gasteiger partial charge >= 0.3 is 0 Å². The summed E-state index contributed by atoms with van der Waals surface area (Å²) >= 11 is 0. The molecule has 3 aromatic rings. The van der Waals surface area contributed by atoms with Crippen molar-refractivity contribution >= 4 is 9.84 Å². The Morgan fingerprint density at radius 2 is 1.96 bits per heavy atom. The first-order valence-corrected chi connectivity index (χ1v) is 9.31. The molecule has 0 bridgehead atoms. The Morgan fingerprint density at radius 3 is 2.67 bits per heavy atom. The summed E-state index contributed by atoms with van der Waals surface area (Å²) in [5.41, 5.74) is 1.34. The van der Waals surface area contributed by atoms with E-state index in [0.717, 1.165) is 12.8 Å². The highest BCUT2D eigenvalue weighted by molar-refractivity contribution is 7.90. The smallest absolute Gasteiger partial charge is 0.203 e. The molecule has 4 rings (SSSR count). The van der Waals surface area contributed by atoms with E-state index in [1.807, 2.05) is 30.3 Å². The number of aromatic nitrogens is 6. The van der Waals surface area contributed by atoms with Crippen LogP contribution in [0.5, 0.6) is 0 Å². The van der Waals surface area contributed by atoms with Crippen molar-refractivity contribution in [2.45, 2.75) is 36.6 Å². The molecule has 1 aliphatic carbocycles. The normalized spacial score (nSPS) is 14.9. The van der Waals surface area contributed by atoms with Crippen molar-refractivity contribution in [2.75, 3.05) is 0 Å². The molecule has 0 aliphatic heterocycles. The zero-order valence-electron chi connectivity index (χ0n) is 13.1. The van der Waals surface area contributed by atoms with Gasteiger partial charge in [0.25, 0.3) is 0 Å². The van der Waals surface area contributed by atoms with Crippen molar-refractivity contribution in [3.05, 3.63) is 47.9 Å². The van der Waals surface area contributed by atoms with Crippen LogP contribution in [0.3, 0.4) is 0 Å². The van der Waals surface area contributed by atoms with Crippen molar-refractivity contribution in [1.82, 2.24) is 30.0 Å². The Bertz CT molecular complexity index is 973. The van der Waals surface area contributed by atoms with Crippen molar-refractivity contribution in [3.63, 3.8) is 0 Å². The number of hydrogen-bond acceptors (Lipinski definition) is 6. The fourth-order valence-electron chi connectivity index (χ4n) is 2.61. The molecule has 24 heavy (non-hydrogen) atoms. The fraction of sp³-hybridized carbons (Fsp3) is 0.333. The summed E-state index contributed by atoms with van der Waals surface area (Å²) in [6.07, 6.45) is 1.97. The number of hydrogen-bond donors (Lipinski definition) is 0. The second kappa shape index (κ2) is 5.52. The van der Waals surface area contributed by atoms with E-state index >= 15 is 0 Å². The summed E-state index contributed by atoms with van der Waals surface area (Å²) in [6, 6.07) is 11.0. The van der Waals surface area contributed by atoms with Gasteiger partial charge in [0.1, 0.15) is 5.75 Å². The minimum atomic E-state index is -3.63. The second-order valence-corrected chi connectivity index (χ2v) is 7.84. The van der Waals surface area contributed by atoms with Gasteiger partial charge < -0.3 is 0 Å². The molecule has 2 heterocycles. The molecule has 0 atom stereocenters. The third-order valence-corrected chi connectivity index (χ3v) is 5.46. The highest BCUT2D eigenvalue weighted by Gasteiger charge is 2.31. The predicted octanol–water partition coefficient (Wildman–Crippen LogP) is 1.48. The van der Waals surface area contributed by atoms with Crippen LogP contribution in [0.25, 0.3) is 5.69 Å². The van der Waals surface area contributed by atoms with Crippen molar-refractivity contribution in [2.24, 2.45) is 0 Å². The molecular formula is C15H16N6O2S. The number of rotatable bonds is 5. The van der Waals surface area contributed by atoms with E-state index in [1.165, 1.54) is 4.68 Å². The van der Waals surface area contributed by atoms with Gasteiger partial charge in [0, 0.05) is 0 Å². The molecule has 124 valence electrons. The van der Waals surface area contributed by atoms with Gasteiger partial charge in [-0.25, -0.2) is 17.8 Å². The largest absolute Gasteiger partial charge is 0.225 e. The molecule has 0 spiro atoms. The zero-order valence-corrected chi connectivity index (χ0v) is 13.9. The molecule has 0 N–H and O–H groups in total. The van der Waals surface area contributed by atoms with E-state index in [4.69, 9.17) is 0 Å². The first-order chi connectivity index (χ1) is 11.5. The summed E-state index contributed by atoms with van der Waals surface area (Å²) in [6.45, 7) is 1.77. The number of aryl methyl sites for hydroxylation is 1. The molecule has 1 aliphatic rings. The van der Waals surface area contributed by atoms with Crippen LogP contribution in [-0.2, 0) is 15.6 Å². The molecule has 0 unspecified atom stereocenters. The fourth-order valence-corrected chi connectivity index (χ4v) is 4.04. The van der Waals surface area contributed by atoms with Gasteiger partial charge in [0.15, 0.2) is 10.9 Å². The Morgan fingerprint density at radius 1 is 1.21 bits per heavy atom. The van der Waals surface area contributed by atoms with Crippen molar-refractivity contribution in [3.8, 4) is 5.69 Å². The van der Waals surface area contributed by atoms with Gasteiger partial charge in [-0.15, -0.1) is 5.10 Å². The first kappa shape index (κ1) is 15.0. The van der Waals surface area contributed by atoms with Crippen LogP contribution in [0, 0.1) is 6.92 Å². The Balaban J connectivity index is 1.73. The minimum Gasteiger partial charge on any atom is -0.225 e. The Hall–Kier alpha value is -2.55. The van der Waals surface area contributed by atoms with E-state index in [0.29, 0.717) is 17.2 Å². The molecule has 9 heteroatoms. The monoisotopic (exact) mass is 344 g/mol. The Labute approximate surface area is 139 Å². The summed E-state index contributed by atoms with van der Waals surface area (Å²) in [4.78, 5) is 0. The predicted molar refractivity (Wildman–Crippen MR) is 85.3 cm³/mol. The number of tetrazole rings is 1. The van der Waals surface area contributed by atoms with Gasteiger partial charge in [0.2, 0.25) is 9.84 Å². The molecule has 2 aromatic heterocycles. The summed E-state index contributed by atoms with van der Waals surface area (Å²) in [5, 5.41) is 15.9. The number of nitrogens with zero attached hydrogens (tertiary/aromatic N) is 6. The highest BCUT2D eigenvalue weighted by Crippen LogP contribution is 2.35. The van der Waals surface area contributed by atoms with E-state index in [9.17, 15) is 8.42 Å². The molecule has 8 nitrogen and oxygen atoms in total. The SMILES string of the molecule is Cc1cc(S(=O)(=O)Cc2nnnn2C2CC2)n(-c2ccccc2)n1. The molecule has 0 radical (unpaired) electrons. The average Bonchev–Trinajstić information content (AvgIpc) is 3.17. The zero-order chi connectivity index (χ0) is 16.7. The third-order valence-electron chi connectivity index (χ3n) is 3.89. The Kier molecular flexibility index (Phi) is 3.45. The highest BCUT2D eigenvalue weighted by atomic mass is 32.2. The minimum absolute atomic E-state index is 0.150. The third kappa shape index (κ3) is 2.71. The van der Waals surface area contributed by atoms with E-state index in [-0.39, 0.29) is 16.8 Å². The summed E-state index contributed by atoms with van der Waals surface area (Å²) in [5.74, 6) is 0.130. The van der Waals surface area contributed by atoms with Crippen molar-refractivity contribution in [1.29, 1.82) is 0 Å². The molecule has 1 fully saturated rings. The van der Waals surface area contributed by atoms with Crippen LogP contribution in [0.1, 0.15) is 30.4 Å².